The molecule has 0 amide bonds. The van der Waals surface area contributed by atoms with Gasteiger partial charge in [-0.1, -0.05) is 67.0 Å². The second kappa shape index (κ2) is 11.2. The summed E-state index contributed by atoms with van der Waals surface area (Å²) in [7, 11) is 0. The molecule has 0 aliphatic carbocycles. The molecule has 0 fully saturated rings. The molecule has 1 aliphatic rings. The summed E-state index contributed by atoms with van der Waals surface area (Å²) in [6.45, 7) is 4.17. The number of thiophene rings is 1. The smallest absolute Gasteiger partial charge is 0.338 e. The van der Waals surface area contributed by atoms with Crippen molar-refractivity contribution in [3.05, 3.63) is 95.3 Å². The van der Waals surface area contributed by atoms with Crippen LogP contribution in [-0.4, -0.2) is 23.8 Å². The number of aromatic nitrogens is 1. The number of thiazole rings is 1. The zero-order valence-corrected chi connectivity index (χ0v) is 22.7. The summed E-state index contributed by atoms with van der Waals surface area (Å²) in [5.74, 6) is 2.67. The molecule has 0 saturated heterocycles. The molecule has 3 heterocycles. The molecule has 2 aromatic carbocycles. The van der Waals surface area contributed by atoms with Gasteiger partial charge in [-0.25, -0.2) is 9.79 Å². The van der Waals surface area contributed by atoms with Gasteiger partial charge in [0.1, 0.15) is 18.4 Å². The minimum atomic E-state index is -0.598. The Balaban J connectivity index is 1.78. The van der Waals surface area contributed by atoms with Gasteiger partial charge in [0.15, 0.2) is 4.80 Å². The summed E-state index contributed by atoms with van der Waals surface area (Å²) in [5, 5.41) is 3.91. The van der Waals surface area contributed by atoms with Crippen LogP contribution in [0.3, 0.4) is 0 Å². The van der Waals surface area contributed by atoms with Gasteiger partial charge in [-0.3, -0.25) is 9.36 Å². The normalized spacial score (nSPS) is 15.2. The van der Waals surface area contributed by atoms with Crippen molar-refractivity contribution in [2.45, 2.75) is 32.7 Å². The van der Waals surface area contributed by atoms with Crippen LogP contribution in [0.15, 0.2) is 75.0 Å². The van der Waals surface area contributed by atoms with E-state index in [9.17, 15) is 9.59 Å². The van der Waals surface area contributed by atoms with Crippen LogP contribution in [0.4, 0.5) is 0 Å². The predicted octanol–water partition coefficient (Wildman–Crippen LogP) is 4.81. The fourth-order valence-corrected chi connectivity index (χ4v) is 6.46. The summed E-state index contributed by atoms with van der Waals surface area (Å²) in [6.07, 6.45) is 8.70. The second-order valence-electron chi connectivity index (χ2n) is 8.62. The molecule has 0 unspecified atom stereocenters. The molecule has 0 bridgehead atoms. The first-order chi connectivity index (χ1) is 18.6. The highest BCUT2D eigenvalue weighted by Gasteiger charge is 2.34. The number of ether oxygens (including phenoxy) is 2. The molecule has 38 heavy (non-hydrogen) atoms. The van der Waals surface area contributed by atoms with Crippen molar-refractivity contribution in [3.63, 3.8) is 0 Å². The molecule has 8 heteroatoms. The molecule has 6 nitrogen and oxygen atoms in total. The minimum Gasteiger partial charge on any atom is -0.480 e. The van der Waals surface area contributed by atoms with Crippen molar-refractivity contribution in [2.24, 2.45) is 4.99 Å². The number of nitrogens with zero attached hydrogens (tertiary/aromatic N) is 2. The van der Waals surface area contributed by atoms with E-state index in [1.807, 2.05) is 66.9 Å². The van der Waals surface area contributed by atoms with E-state index in [1.165, 1.54) is 22.7 Å². The number of benzene rings is 2. The Hall–Kier alpha value is -3.93. The molecule has 2 aromatic heterocycles. The molecule has 1 aliphatic heterocycles. The summed E-state index contributed by atoms with van der Waals surface area (Å²) in [5.41, 5.74) is 1.65. The van der Waals surface area contributed by atoms with Crippen LogP contribution in [0.2, 0.25) is 0 Å². The maximum absolute atomic E-state index is 14.0. The van der Waals surface area contributed by atoms with Gasteiger partial charge in [0.25, 0.3) is 5.56 Å². The Bertz CT molecular complexity index is 1750. The monoisotopic (exact) mass is 542 g/mol. The van der Waals surface area contributed by atoms with Gasteiger partial charge < -0.3 is 9.47 Å². The first-order valence-corrected chi connectivity index (χ1v) is 14.1. The van der Waals surface area contributed by atoms with E-state index in [-0.39, 0.29) is 18.8 Å². The number of rotatable bonds is 8. The van der Waals surface area contributed by atoms with Gasteiger partial charge in [-0.05, 0) is 47.7 Å². The van der Waals surface area contributed by atoms with E-state index in [0.29, 0.717) is 32.8 Å². The van der Waals surface area contributed by atoms with Gasteiger partial charge in [-0.15, -0.1) is 17.8 Å². The maximum atomic E-state index is 14.0. The lowest BCUT2D eigenvalue weighted by Crippen LogP contribution is -2.39. The van der Waals surface area contributed by atoms with Crippen molar-refractivity contribution in [1.29, 1.82) is 0 Å². The molecule has 5 rings (SSSR count). The summed E-state index contributed by atoms with van der Waals surface area (Å²) in [4.78, 5) is 33.5. The fraction of sp³-hybridized carbons (Fsp3) is 0.233. The molecule has 192 valence electrons. The molecule has 0 spiro atoms. The predicted molar refractivity (Wildman–Crippen MR) is 152 cm³/mol. The number of allylic oxidation sites excluding steroid dienone is 1. The van der Waals surface area contributed by atoms with E-state index in [1.54, 1.807) is 11.5 Å². The number of hydrogen-bond acceptors (Lipinski definition) is 7. The van der Waals surface area contributed by atoms with Crippen LogP contribution in [0, 0.1) is 12.3 Å². The average Bonchev–Trinajstić information content (AvgIpc) is 3.56. The summed E-state index contributed by atoms with van der Waals surface area (Å²) in [6, 6.07) is 15.0. The third-order valence-corrected chi connectivity index (χ3v) is 8.13. The van der Waals surface area contributed by atoms with Crippen LogP contribution in [0.25, 0.3) is 16.8 Å². The van der Waals surface area contributed by atoms with Crippen molar-refractivity contribution >= 4 is 45.5 Å². The van der Waals surface area contributed by atoms with Crippen LogP contribution in [0.1, 0.15) is 43.2 Å². The van der Waals surface area contributed by atoms with E-state index in [2.05, 4.69) is 5.92 Å². The lowest BCUT2D eigenvalue weighted by Gasteiger charge is -2.24. The van der Waals surface area contributed by atoms with E-state index >= 15 is 0 Å². The Morgan fingerprint density at radius 2 is 2.03 bits per heavy atom. The number of hydrogen-bond donors (Lipinski definition) is 0. The lowest BCUT2D eigenvalue weighted by atomic mass is 9.99. The van der Waals surface area contributed by atoms with Crippen molar-refractivity contribution < 1.29 is 14.3 Å². The number of fused-ring (bicyclic) bond motifs is 2. The highest BCUT2D eigenvalue weighted by molar-refractivity contribution is 7.10. The zero-order valence-electron chi connectivity index (χ0n) is 21.1. The quantitative estimate of drug-likeness (QED) is 0.237. The SMILES string of the molecule is C#CCOc1ccc2ccccc2c1/C=c1\sc2n(c1=O)[C@H](c1cccs1)C(C(=O)OCC)=C(CCC)N=2. The van der Waals surface area contributed by atoms with E-state index in [4.69, 9.17) is 20.9 Å². The topological polar surface area (TPSA) is 69.9 Å². The van der Waals surface area contributed by atoms with E-state index < -0.39 is 12.0 Å². The Kier molecular flexibility index (Phi) is 7.59. The van der Waals surface area contributed by atoms with Crippen LogP contribution in [-0.2, 0) is 9.53 Å². The van der Waals surface area contributed by atoms with Crippen LogP contribution < -0.4 is 19.6 Å². The summed E-state index contributed by atoms with van der Waals surface area (Å²) < 4.78 is 13.4. The number of carbonyl (C=O) groups is 1. The van der Waals surface area contributed by atoms with Gasteiger partial charge >= 0.3 is 5.97 Å². The molecule has 0 saturated carbocycles. The number of carbonyl (C=O) groups excluding carboxylic acids is 1. The summed E-state index contributed by atoms with van der Waals surface area (Å²) >= 11 is 2.81. The molecular formula is C30H26N2O4S2. The lowest BCUT2D eigenvalue weighted by molar-refractivity contribution is -0.139. The van der Waals surface area contributed by atoms with Crippen molar-refractivity contribution in [3.8, 4) is 18.1 Å². The maximum Gasteiger partial charge on any atom is 0.338 e. The highest BCUT2D eigenvalue weighted by Crippen LogP contribution is 2.35. The third-order valence-electron chi connectivity index (χ3n) is 6.22. The Labute approximate surface area is 228 Å². The van der Waals surface area contributed by atoms with Crippen LogP contribution in [0.5, 0.6) is 5.75 Å². The average molecular weight is 543 g/mol. The Morgan fingerprint density at radius 1 is 1.18 bits per heavy atom. The second-order valence-corrected chi connectivity index (χ2v) is 10.6. The number of terminal acetylenes is 1. The third kappa shape index (κ3) is 4.71. The molecule has 4 aromatic rings. The van der Waals surface area contributed by atoms with Crippen molar-refractivity contribution in [1.82, 2.24) is 4.57 Å². The molecule has 0 radical (unpaired) electrons. The zero-order chi connectivity index (χ0) is 26.6. The highest BCUT2D eigenvalue weighted by atomic mass is 32.1. The minimum absolute atomic E-state index is 0.113. The first kappa shape index (κ1) is 25.7. The van der Waals surface area contributed by atoms with Crippen molar-refractivity contribution in [2.75, 3.05) is 13.2 Å². The molecule has 0 N–H and O–H groups in total. The first-order valence-electron chi connectivity index (χ1n) is 12.4. The molecular weight excluding hydrogens is 516 g/mol. The Morgan fingerprint density at radius 3 is 2.76 bits per heavy atom. The largest absolute Gasteiger partial charge is 0.480 e. The standard InChI is InChI=1S/C30H26N2O4S2/c1-4-10-22-26(29(34)35-6-3)27(24-13-9-17-37-24)32-28(33)25(38-30(32)31-22)18-21-20-12-8-7-11-19(20)14-15-23(21)36-16-5-2/h2,7-9,11-15,17-18,27H,4,6,10,16H2,1,3H3/b25-18-/t27-/m1/s1. The van der Waals surface area contributed by atoms with Gasteiger partial charge in [0, 0.05) is 10.4 Å². The van der Waals surface area contributed by atoms with Gasteiger partial charge in [0.2, 0.25) is 0 Å². The molecule has 1 atom stereocenters. The van der Waals surface area contributed by atoms with Gasteiger partial charge in [-0.2, -0.15) is 0 Å². The number of esters is 1. The van der Waals surface area contributed by atoms with Crippen LogP contribution >= 0.6 is 22.7 Å². The van der Waals surface area contributed by atoms with E-state index in [0.717, 1.165) is 27.6 Å². The fourth-order valence-electron chi connectivity index (χ4n) is 4.64. The van der Waals surface area contributed by atoms with Gasteiger partial charge in [0.05, 0.1) is 22.4 Å².